The Kier molecular flexibility index (Phi) is 10.9. The van der Waals surface area contributed by atoms with Crippen LogP contribution in [0.25, 0.3) is 0 Å². The van der Waals surface area contributed by atoms with E-state index in [9.17, 15) is 24.0 Å². The van der Waals surface area contributed by atoms with E-state index in [0.29, 0.717) is 31.7 Å². The van der Waals surface area contributed by atoms with Gasteiger partial charge in [0.25, 0.3) is 5.91 Å². The first kappa shape index (κ1) is 32.2. The fourth-order valence-corrected chi connectivity index (χ4v) is 7.89. The summed E-state index contributed by atoms with van der Waals surface area (Å²) in [4.78, 5) is 68.7. The molecule has 42 heavy (non-hydrogen) atoms. The summed E-state index contributed by atoms with van der Waals surface area (Å²) in [6.07, 6.45) is 13.2. The number of Topliss-reactive ketones (excluding diaryl/α,β-unsaturated/α-hetero) is 1. The van der Waals surface area contributed by atoms with Crippen molar-refractivity contribution >= 4 is 29.4 Å². The van der Waals surface area contributed by atoms with E-state index < -0.39 is 29.8 Å². The number of amides is 4. The zero-order valence-electron chi connectivity index (χ0n) is 25.9. The molecule has 0 radical (unpaired) electrons. The van der Waals surface area contributed by atoms with Crippen molar-refractivity contribution in [2.45, 2.75) is 122 Å². The normalized spacial score (nSPS) is 26.5. The molecule has 0 spiro atoms. The zero-order valence-corrected chi connectivity index (χ0v) is 25.9. The second-order valence-electron chi connectivity index (χ2n) is 13.8. The molecule has 9 nitrogen and oxygen atoms in total. The first-order valence-corrected chi connectivity index (χ1v) is 16.4. The summed E-state index contributed by atoms with van der Waals surface area (Å²) in [5.41, 5.74) is -0.102. The zero-order chi connectivity index (χ0) is 30.4. The second-order valence-corrected chi connectivity index (χ2v) is 13.8. The maximum atomic E-state index is 14.3. The van der Waals surface area contributed by atoms with Gasteiger partial charge in [0.2, 0.25) is 23.5 Å². The van der Waals surface area contributed by atoms with Gasteiger partial charge in [-0.15, -0.1) is 6.58 Å². The van der Waals surface area contributed by atoms with Gasteiger partial charge in [0.1, 0.15) is 12.1 Å². The monoisotopic (exact) mass is 584 g/mol. The van der Waals surface area contributed by atoms with Crippen LogP contribution < -0.4 is 16.0 Å². The van der Waals surface area contributed by atoms with Gasteiger partial charge in [-0.25, -0.2) is 0 Å². The van der Waals surface area contributed by atoms with Gasteiger partial charge in [-0.05, 0) is 61.2 Å². The summed E-state index contributed by atoms with van der Waals surface area (Å²) >= 11 is 0. The maximum absolute atomic E-state index is 14.3. The molecule has 9 heteroatoms. The van der Waals surface area contributed by atoms with Crippen LogP contribution in [0, 0.1) is 29.1 Å². The number of piperidine rings is 1. The van der Waals surface area contributed by atoms with Crippen LogP contribution in [0.1, 0.15) is 104 Å². The van der Waals surface area contributed by atoms with Crippen molar-refractivity contribution in [2.24, 2.45) is 29.1 Å². The van der Waals surface area contributed by atoms with Crippen molar-refractivity contribution in [3.05, 3.63) is 12.7 Å². The highest BCUT2D eigenvalue weighted by molar-refractivity contribution is 6.38. The standard InChI is InChI=1S/C33H52N4O5/c1-5-7-17-24(29(39)31(41)34-18-6-2)35-30(40)28-26-23(33(26,3)4)20-37(28)32(42)27(22-15-9-8-10-16-22)36-25(38)19-21-13-11-12-14-21/h6,21-24,26-28H,2,5,7-20H2,1,3-4H3,(H,34,41)(H,35,40)(H,36,38)/t23-,24?,26-,27-,28-/m0/s1. The number of carbonyl (C=O) groups excluding carboxylic acids is 5. The molecule has 5 atom stereocenters. The summed E-state index contributed by atoms with van der Waals surface area (Å²) in [5.74, 6) is -1.46. The van der Waals surface area contributed by atoms with E-state index in [1.807, 2.05) is 6.92 Å². The predicted octanol–water partition coefficient (Wildman–Crippen LogP) is 3.66. The number of carbonyl (C=O) groups is 5. The van der Waals surface area contributed by atoms with E-state index >= 15 is 0 Å². The molecule has 1 saturated heterocycles. The molecule has 0 aromatic rings. The fraction of sp³-hybridized carbons (Fsp3) is 0.788. The number of unbranched alkanes of at least 4 members (excludes halogenated alkanes) is 1. The molecule has 3 saturated carbocycles. The molecule has 0 bridgehead atoms. The Morgan fingerprint density at radius 1 is 0.976 bits per heavy atom. The minimum atomic E-state index is -0.958. The third kappa shape index (κ3) is 7.25. The molecule has 234 valence electrons. The Bertz CT molecular complexity index is 1030. The van der Waals surface area contributed by atoms with Gasteiger partial charge in [0, 0.05) is 19.5 Å². The van der Waals surface area contributed by atoms with Crippen molar-refractivity contribution in [3.63, 3.8) is 0 Å². The van der Waals surface area contributed by atoms with Crippen molar-refractivity contribution < 1.29 is 24.0 Å². The average Bonchev–Trinajstić information content (AvgIpc) is 3.41. The minimum Gasteiger partial charge on any atom is -0.346 e. The number of fused-ring (bicyclic) bond motifs is 1. The lowest BCUT2D eigenvalue weighted by molar-refractivity contribution is -0.146. The lowest BCUT2D eigenvalue weighted by Gasteiger charge is -2.37. The number of hydrogen-bond acceptors (Lipinski definition) is 5. The number of likely N-dealkylation sites (tertiary alicyclic amines) is 1. The van der Waals surface area contributed by atoms with Crippen LogP contribution in [0.15, 0.2) is 12.7 Å². The summed E-state index contributed by atoms with van der Waals surface area (Å²) in [5, 5.41) is 8.55. The van der Waals surface area contributed by atoms with Crippen LogP contribution in [0.3, 0.4) is 0 Å². The highest BCUT2D eigenvalue weighted by Gasteiger charge is 2.69. The molecule has 1 aliphatic heterocycles. The van der Waals surface area contributed by atoms with Crippen molar-refractivity contribution in [3.8, 4) is 0 Å². The molecule has 0 aromatic carbocycles. The SMILES string of the molecule is C=CCNC(=O)C(=O)C(CCCC)NC(=O)[C@@H]1[C@@H]2[C@H](CN1C(=O)[C@@H](NC(=O)CC1CCCC1)C1CCCCC1)C2(C)C. The van der Waals surface area contributed by atoms with E-state index in [2.05, 4.69) is 36.4 Å². The van der Waals surface area contributed by atoms with Gasteiger partial charge in [-0.1, -0.05) is 71.8 Å². The average molecular weight is 585 g/mol. The number of nitrogens with one attached hydrogen (secondary N) is 3. The minimum absolute atomic E-state index is 0.0286. The van der Waals surface area contributed by atoms with Gasteiger partial charge in [0.05, 0.1) is 6.04 Å². The molecule has 4 aliphatic rings. The van der Waals surface area contributed by atoms with Crippen LogP contribution in [0.5, 0.6) is 0 Å². The van der Waals surface area contributed by atoms with Crippen molar-refractivity contribution in [1.29, 1.82) is 0 Å². The van der Waals surface area contributed by atoms with E-state index in [4.69, 9.17) is 0 Å². The molecular formula is C33H52N4O5. The molecule has 4 fully saturated rings. The van der Waals surface area contributed by atoms with Gasteiger partial charge in [-0.3, -0.25) is 24.0 Å². The van der Waals surface area contributed by atoms with Crippen LogP contribution in [0.4, 0.5) is 0 Å². The van der Waals surface area contributed by atoms with Gasteiger partial charge < -0.3 is 20.9 Å². The number of hydrogen-bond donors (Lipinski definition) is 3. The van der Waals surface area contributed by atoms with Crippen molar-refractivity contribution in [1.82, 2.24) is 20.9 Å². The first-order valence-electron chi connectivity index (χ1n) is 16.4. The van der Waals surface area contributed by atoms with Gasteiger partial charge in [0.15, 0.2) is 0 Å². The Balaban J connectivity index is 1.52. The molecule has 3 N–H and O–H groups in total. The highest BCUT2D eigenvalue weighted by Crippen LogP contribution is 2.65. The Morgan fingerprint density at radius 2 is 1.64 bits per heavy atom. The van der Waals surface area contributed by atoms with Gasteiger partial charge >= 0.3 is 0 Å². The fourth-order valence-electron chi connectivity index (χ4n) is 7.89. The lowest BCUT2D eigenvalue weighted by Crippen LogP contribution is -2.59. The van der Waals surface area contributed by atoms with Crippen LogP contribution in [-0.2, 0) is 24.0 Å². The van der Waals surface area contributed by atoms with Crippen molar-refractivity contribution in [2.75, 3.05) is 13.1 Å². The topological polar surface area (TPSA) is 125 Å². The maximum Gasteiger partial charge on any atom is 0.289 e. The molecular weight excluding hydrogens is 532 g/mol. The van der Waals surface area contributed by atoms with E-state index in [0.717, 1.165) is 64.2 Å². The Labute approximate surface area is 251 Å². The molecule has 0 aromatic heterocycles. The van der Waals surface area contributed by atoms with E-state index in [-0.39, 0.29) is 47.4 Å². The molecule has 1 heterocycles. The third-order valence-corrected chi connectivity index (χ3v) is 10.5. The first-order chi connectivity index (χ1) is 20.1. The number of nitrogens with zero attached hydrogens (tertiary/aromatic N) is 1. The highest BCUT2D eigenvalue weighted by atomic mass is 16.2. The summed E-state index contributed by atoms with van der Waals surface area (Å²) in [6, 6.07) is -2.33. The molecule has 4 rings (SSSR count). The molecule has 3 aliphatic carbocycles. The number of rotatable bonds is 14. The van der Waals surface area contributed by atoms with E-state index in [1.165, 1.54) is 6.08 Å². The Hall–Kier alpha value is -2.71. The second kappa shape index (κ2) is 14.2. The Morgan fingerprint density at radius 3 is 2.29 bits per heavy atom. The summed E-state index contributed by atoms with van der Waals surface area (Å²) < 4.78 is 0. The lowest BCUT2D eigenvalue weighted by atomic mass is 9.82. The smallest absolute Gasteiger partial charge is 0.289 e. The third-order valence-electron chi connectivity index (χ3n) is 10.5. The summed E-state index contributed by atoms with van der Waals surface area (Å²) in [7, 11) is 0. The van der Waals surface area contributed by atoms with Crippen LogP contribution in [-0.4, -0.2) is 65.5 Å². The molecule has 4 amide bonds. The van der Waals surface area contributed by atoms with Crippen LogP contribution in [0.2, 0.25) is 0 Å². The molecule has 1 unspecified atom stereocenters. The largest absolute Gasteiger partial charge is 0.346 e. The predicted molar refractivity (Wildman–Crippen MR) is 161 cm³/mol. The summed E-state index contributed by atoms with van der Waals surface area (Å²) in [6.45, 7) is 10.4. The van der Waals surface area contributed by atoms with Gasteiger partial charge in [-0.2, -0.15) is 0 Å². The quantitative estimate of drug-likeness (QED) is 0.212. The van der Waals surface area contributed by atoms with Crippen LogP contribution >= 0.6 is 0 Å². The number of ketones is 1. The van der Waals surface area contributed by atoms with E-state index in [1.54, 1.807) is 4.90 Å².